The van der Waals surface area contributed by atoms with E-state index in [0.717, 1.165) is 40.7 Å². The molecule has 0 fully saturated rings. The highest BCUT2D eigenvalue weighted by molar-refractivity contribution is 7.89. The van der Waals surface area contributed by atoms with Crippen LogP contribution in [-0.4, -0.2) is 31.2 Å². The van der Waals surface area contributed by atoms with Gasteiger partial charge in [-0.05, 0) is 29.8 Å². The molecule has 0 heterocycles. The second-order valence-corrected chi connectivity index (χ2v) is 7.77. The lowest BCUT2D eigenvalue weighted by molar-refractivity contribution is -0.384. The molecule has 2 aromatic carbocycles. The number of hydrogen-bond donors (Lipinski definition) is 1. The Morgan fingerprint density at radius 2 is 1.78 bits per heavy atom. The van der Waals surface area contributed by atoms with Crippen LogP contribution in [0.5, 0.6) is 0 Å². The van der Waals surface area contributed by atoms with Crippen LogP contribution in [-0.2, 0) is 10.0 Å². The van der Waals surface area contributed by atoms with Crippen LogP contribution in [0.4, 0.5) is 18.9 Å². The Kier molecular flexibility index (Phi) is 6.19. The summed E-state index contributed by atoms with van der Waals surface area (Å²) in [7, 11) is -2.78. The third kappa shape index (κ3) is 4.62. The van der Waals surface area contributed by atoms with Crippen molar-refractivity contribution in [3.63, 3.8) is 0 Å². The number of non-ortho nitro benzene ring substituents is 1. The maximum Gasteiger partial charge on any atom is 0.269 e. The van der Waals surface area contributed by atoms with E-state index in [1.807, 2.05) is 0 Å². The van der Waals surface area contributed by atoms with Crippen LogP contribution >= 0.6 is 0 Å². The molecule has 27 heavy (non-hydrogen) atoms. The van der Waals surface area contributed by atoms with Gasteiger partial charge in [-0.1, -0.05) is 6.07 Å². The van der Waals surface area contributed by atoms with Gasteiger partial charge in [0, 0.05) is 31.8 Å². The van der Waals surface area contributed by atoms with Gasteiger partial charge in [0.15, 0.2) is 0 Å². The maximum absolute atomic E-state index is 13.4. The fraction of sp³-hybridized carbons (Fsp3) is 0.250. The van der Waals surface area contributed by atoms with Crippen molar-refractivity contribution < 1.29 is 26.5 Å². The fourth-order valence-electron chi connectivity index (χ4n) is 2.36. The summed E-state index contributed by atoms with van der Waals surface area (Å²) in [4.78, 5) is 9.80. The van der Waals surface area contributed by atoms with Crippen molar-refractivity contribution in [1.29, 1.82) is 0 Å². The van der Waals surface area contributed by atoms with Gasteiger partial charge in [0.2, 0.25) is 10.0 Å². The zero-order valence-electron chi connectivity index (χ0n) is 14.1. The lowest BCUT2D eigenvalue weighted by atomic mass is 10.0. The molecular weight excluding hydrogens is 387 g/mol. The molecule has 0 unspecified atom stereocenters. The largest absolute Gasteiger partial charge is 0.323 e. The van der Waals surface area contributed by atoms with Gasteiger partial charge in [0.25, 0.3) is 12.1 Å². The predicted octanol–water partition coefficient (Wildman–Crippen LogP) is 2.99. The number of nitrogens with zero attached hydrogens (tertiary/aromatic N) is 2. The topological polar surface area (TPSA) is 107 Å². The average Bonchev–Trinajstić information content (AvgIpc) is 2.61. The molecule has 2 rings (SSSR count). The van der Waals surface area contributed by atoms with E-state index in [2.05, 4.69) is 0 Å². The molecule has 1 atom stereocenters. The molecule has 0 saturated carbocycles. The minimum absolute atomic E-state index is 0.150. The quantitative estimate of drug-likeness (QED) is 0.565. The van der Waals surface area contributed by atoms with Crippen molar-refractivity contribution in [3.05, 3.63) is 69.5 Å². The number of nitrogens with two attached hydrogens (primary N) is 1. The molecule has 0 aliphatic carbocycles. The van der Waals surface area contributed by atoms with Gasteiger partial charge < -0.3 is 5.73 Å². The third-order valence-electron chi connectivity index (χ3n) is 3.89. The van der Waals surface area contributed by atoms with E-state index in [1.165, 1.54) is 13.1 Å². The zero-order chi connectivity index (χ0) is 20.4. The van der Waals surface area contributed by atoms with Crippen molar-refractivity contribution in [2.75, 3.05) is 13.6 Å². The molecule has 11 heteroatoms. The maximum atomic E-state index is 13.4. The molecule has 0 aliphatic rings. The number of benzene rings is 2. The lowest BCUT2D eigenvalue weighted by Crippen LogP contribution is -2.34. The first-order valence-corrected chi connectivity index (χ1v) is 9.02. The highest BCUT2D eigenvalue weighted by Gasteiger charge is 2.25. The molecule has 2 aromatic rings. The van der Waals surface area contributed by atoms with Crippen LogP contribution in [0.1, 0.15) is 23.6 Å². The second kappa shape index (κ2) is 8.03. The summed E-state index contributed by atoms with van der Waals surface area (Å²) in [6.45, 7) is -0.270. The van der Waals surface area contributed by atoms with Crippen molar-refractivity contribution in [2.45, 2.75) is 17.4 Å². The Morgan fingerprint density at radius 3 is 2.30 bits per heavy atom. The number of nitro groups is 1. The zero-order valence-corrected chi connectivity index (χ0v) is 14.9. The van der Waals surface area contributed by atoms with Crippen LogP contribution < -0.4 is 5.73 Å². The second-order valence-electron chi connectivity index (χ2n) is 5.72. The molecule has 0 aliphatic heterocycles. The van der Waals surface area contributed by atoms with E-state index in [1.54, 1.807) is 0 Å². The Bertz CT molecular complexity index is 936. The molecule has 0 spiro atoms. The van der Waals surface area contributed by atoms with Gasteiger partial charge >= 0.3 is 0 Å². The van der Waals surface area contributed by atoms with Crippen molar-refractivity contribution in [1.82, 2.24) is 4.31 Å². The normalized spacial score (nSPS) is 13.1. The van der Waals surface area contributed by atoms with Crippen LogP contribution in [0.2, 0.25) is 0 Å². The van der Waals surface area contributed by atoms with Gasteiger partial charge in [-0.2, -0.15) is 4.31 Å². The first-order valence-electron chi connectivity index (χ1n) is 7.58. The Morgan fingerprint density at radius 1 is 1.19 bits per heavy atom. The van der Waals surface area contributed by atoms with E-state index in [-0.39, 0.29) is 22.7 Å². The third-order valence-corrected chi connectivity index (χ3v) is 5.73. The molecule has 0 amide bonds. The molecule has 2 N–H and O–H groups in total. The Balaban J connectivity index is 2.21. The van der Waals surface area contributed by atoms with Gasteiger partial charge in [-0.3, -0.25) is 10.1 Å². The van der Waals surface area contributed by atoms with E-state index in [4.69, 9.17) is 5.73 Å². The van der Waals surface area contributed by atoms with Crippen LogP contribution in [0.3, 0.4) is 0 Å². The highest BCUT2D eigenvalue weighted by atomic mass is 32.2. The summed E-state index contributed by atoms with van der Waals surface area (Å²) < 4.78 is 64.9. The van der Waals surface area contributed by atoms with Crippen molar-refractivity contribution in [3.8, 4) is 0 Å². The first kappa shape index (κ1) is 20.8. The molecular formula is C16H16F3N3O4S. The highest BCUT2D eigenvalue weighted by Crippen LogP contribution is 2.26. The molecule has 0 aromatic heterocycles. The van der Waals surface area contributed by atoms with Crippen LogP contribution in [0.25, 0.3) is 0 Å². The van der Waals surface area contributed by atoms with Crippen LogP contribution in [0.15, 0.2) is 47.4 Å². The van der Waals surface area contributed by atoms with Gasteiger partial charge in [0.05, 0.1) is 15.4 Å². The summed E-state index contributed by atoms with van der Waals surface area (Å²) in [6.07, 6.45) is -3.03. The van der Waals surface area contributed by atoms with Gasteiger partial charge in [-0.15, -0.1) is 0 Å². The summed E-state index contributed by atoms with van der Waals surface area (Å²) in [5.74, 6) is -1.08. The fourth-order valence-corrected chi connectivity index (χ4v) is 3.56. The van der Waals surface area contributed by atoms with Gasteiger partial charge in [-0.25, -0.2) is 21.6 Å². The molecule has 146 valence electrons. The minimum atomic E-state index is -4.01. The predicted molar refractivity (Wildman–Crippen MR) is 91.2 cm³/mol. The number of likely N-dealkylation sites (N-methyl/N-ethyl adjacent to an activating group) is 1. The van der Waals surface area contributed by atoms with E-state index < -0.39 is 38.8 Å². The standard InChI is InChI=1S/C16H16F3N3O4S/c1-21(27(25,26)12-5-3-11(4-6-12)22(23)24)9-15(20)10-2-7-14(17)13(8-10)16(18)19/h2-8,15-16H,9,20H2,1H3/t15-/m1/s1. The average molecular weight is 403 g/mol. The summed E-state index contributed by atoms with van der Waals surface area (Å²) >= 11 is 0. The number of alkyl halides is 2. The smallest absolute Gasteiger partial charge is 0.269 e. The number of hydrogen-bond acceptors (Lipinski definition) is 5. The molecule has 7 nitrogen and oxygen atoms in total. The van der Waals surface area contributed by atoms with Crippen molar-refractivity contribution in [2.24, 2.45) is 5.73 Å². The Labute approximate surface area is 153 Å². The molecule has 0 radical (unpaired) electrons. The number of nitro benzene ring substituents is 1. The number of rotatable bonds is 7. The lowest BCUT2D eigenvalue weighted by Gasteiger charge is -2.22. The molecule has 0 bridgehead atoms. The van der Waals surface area contributed by atoms with E-state index in [0.29, 0.717) is 0 Å². The molecule has 0 saturated heterocycles. The Hall–Kier alpha value is -2.50. The monoisotopic (exact) mass is 403 g/mol. The van der Waals surface area contributed by atoms with Gasteiger partial charge in [0.1, 0.15) is 5.82 Å². The summed E-state index contributed by atoms with van der Waals surface area (Å²) in [5.41, 5.74) is 4.96. The SMILES string of the molecule is CN(C[C@@H](N)c1ccc(F)c(C(F)F)c1)S(=O)(=O)c1ccc([N+](=O)[O-])cc1. The van der Waals surface area contributed by atoms with Crippen LogP contribution in [0, 0.1) is 15.9 Å². The minimum Gasteiger partial charge on any atom is -0.323 e. The number of halogens is 3. The summed E-state index contributed by atoms with van der Waals surface area (Å²) in [5, 5.41) is 10.6. The first-order chi connectivity index (χ1) is 12.5. The van der Waals surface area contributed by atoms with E-state index >= 15 is 0 Å². The summed E-state index contributed by atoms with van der Waals surface area (Å²) in [6, 6.07) is 6.24. The number of sulfonamides is 1. The van der Waals surface area contributed by atoms with E-state index in [9.17, 15) is 31.7 Å². The van der Waals surface area contributed by atoms with Crippen molar-refractivity contribution >= 4 is 15.7 Å².